The highest BCUT2D eigenvalue weighted by atomic mass is 32.2. The van der Waals surface area contributed by atoms with Crippen molar-refractivity contribution in [3.05, 3.63) is 54.6 Å². The van der Waals surface area contributed by atoms with Crippen molar-refractivity contribution in [2.75, 3.05) is 16.8 Å². The molecule has 6 nitrogen and oxygen atoms in total. The fourth-order valence-electron chi connectivity index (χ4n) is 2.40. The van der Waals surface area contributed by atoms with Crippen LogP contribution in [0.5, 0.6) is 0 Å². The summed E-state index contributed by atoms with van der Waals surface area (Å²) in [4.78, 5) is 13.2. The number of hydrogen-bond acceptors (Lipinski definition) is 6. The molecule has 0 atom stereocenters. The summed E-state index contributed by atoms with van der Waals surface area (Å²) in [5, 5.41) is 20.7. The predicted octanol–water partition coefficient (Wildman–Crippen LogP) is 3.83. The van der Waals surface area contributed by atoms with Crippen molar-refractivity contribution in [1.82, 2.24) is 14.8 Å². The number of rotatable bonds is 7. The zero-order valence-electron chi connectivity index (χ0n) is 14.6. The highest BCUT2D eigenvalue weighted by Gasteiger charge is 2.13. The lowest BCUT2D eigenvalue weighted by atomic mass is 10.2. The van der Waals surface area contributed by atoms with Gasteiger partial charge in [-0.25, -0.2) is 0 Å². The van der Waals surface area contributed by atoms with Gasteiger partial charge in [0.15, 0.2) is 11.0 Å². The Hall–Kier alpha value is -2.76. The number of carbonyl (C=O) groups excluding carboxylic acids is 1. The number of hydrogen-bond donors (Lipinski definition) is 1. The van der Waals surface area contributed by atoms with Gasteiger partial charge in [-0.15, -0.1) is 22.0 Å². The zero-order chi connectivity index (χ0) is 19.1. The SMILES string of the molecule is Cn1c(SCC(=O)Nc2ccccc2SCC#N)nnc1-c1ccccc1. The maximum atomic E-state index is 12.3. The fourth-order valence-corrected chi connectivity index (χ4v) is 3.78. The Morgan fingerprint density at radius 3 is 2.63 bits per heavy atom. The molecule has 0 fully saturated rings. The van der Waals surface area contributed by atoms with Crippen molar-refractivity contribution in [1.29, 1.82) is 5.26 Å². The first kappa shape index (κ1) is 19.0. The first-order valence-corrected chi connectivity index (χ1v) is 10.1. The molecule has 3 rings (SSSR count). The number of thioether (sulfide) groups is 2. The molecule has 1 heterocycles. The minimum atomic E-state index is -0.130. The van der Waals surface area contributed by atoms with Crippen LogP contribution in [0.3, 0.4) is 0 Å². The molecule has 0 aliphatic carbocycles. The Morgan fingerprint density at radius 1 is 1.11 bits per heavy atom. The molecule has 0 bridgehead atoms. The van der Waals surface area contributed by atoms with Gasteiger partial charge in [0.2, 0.25) is 5.91 Å². The lowest BCUT2D eigenvalue weighted by molar-refractivity contribution is -0.113. The third kappa shape index (κ3) is 4.90. The van der Waals surface area contributed by atoms with Gasteiger partial charge in [0, 0.05) is 17.5 Å². The van der Waals surface area contributed by atoms with Gasteiger partial charge in [-0.05, 0) is 12.1 Å². The predicted molar refractivity (Wildman–Crippen MR) is 109 cm³/mol. The van der Waals surface area contributed by atoms with Gasteiger partial charge < -0.3 is 9.88 Å². The normalized spacial score (nSPS) is 10.4. The number of anilines is 1. The van der Waals surface area contributed by atoms with E-state index in [9.17, 15) is 4.79 Å². The van der Waals surface area contributed by atoms with Crippen molar-refractivity contribution in [3.8, 4) is 17.5 Å². The molecular weight excluding hydrogens is 378 g/mol. The van der Waals surface area contributed by atoms with Crippen LogP contribution in [0.1, 0.15) is 0 Å². The highest BCUT2D eigenvalue weighted by molar-refractivity contribution is 8.00. The lowest BCUT2D eigenvalue weighted by Gasteiger charge is -2.09. The van der Waals surface area contributed by atoms with Crippen molar-refractivity contribution in [2.45, 2.75) is 10.1 Å². The van der Waals surface area contributed by atoms with Crippen LogP contribution >= 0.6 is 23.5 Å². The number of nitrogens with zero attached hydrogens (tertiary/aromatic N) is 4. The third-order valence-electron chi connectivity index (χ3n) is 3.65. The van der Waals surface area contributed by atoms with E-state index in [0.29, 0.717) is 16.6 Å². The average molecular weight is 396 g/mol. The first-order valence-electron chi connectivity index (χ1n) is 8.15. The fraction of sp³-hybridized carbons (Fsp3) is 0.158. The molecule has 0 aliphatic rings. The summed E-state index contributed by atoms with van der Waals surface area (Å²) < 4.78 is 1.88. The van der Waals surface area contributed by atoms with E-state index in [-0.39, 0.29) is 11.7 Å². The Morgan fingerprint density at radius 2 is 1.85 bits per heavy atom. The summed E-state index contributed by atoms with van der Waals surface area (Å²) in [6.07, 6.45) is 0. The van der Waals surface area contributed by atoms with Crippen LogP contribution in [0.4, 0.5) is 5.69 Å². The van der Waals surface area contributed by atoms with E-state index in [1.807, 2.05) is 66.2 Å². The van der Waals surface area contributed by atoms with E-state index in [2.05, 4.69) is 21.6 Å². The monoisotopic (exact) mass is 395 g/mol. The summed E-state index contributed by atoms with van der Waals surface area (Å²) in [6, 6.07) is 19.4. The minimum Gasteiger partial charge on any atom is -0.324 e. The van der Waals surface area contributed by atoms with Gasteiger partial charge in [-0.3, -0.25) is 4.79 Å². The Kier molecular flexibility index (Phi) is 6.52. The van der Waals surface area contributed by atoms with Crippen LogP contribution in [0, 0.1) is 11.3 Å². The number of nitrogens with one attached hydrogen (secondary N) is 1. The second kappa shape index (κ2) is 9.26. The van der Waals surface area contributed by atoms with E-state index in [1.54, 1.807) is 0 Å². The van der Waals surface area contributed by atoms with Crippen molar-refractivity contribution in [2.24, 2.45) is 7.05 Å². The maximum Gasteiger partial charge on any atom is 0.234 e. The summed E-state index contributed by atoms with van der Waals surface area (Å²) in [6.45, 7) is 0. The molecule has 0 unspecified atom stereocenters. The van der Waals surface area contributed by atoms with E-state index in [4.69, 9.17) is 5.26 Å². The topological polar surface area (TPSA) is 83.6 Å². The summed E-state index contributed by atoms with van der Waals surface area (Å²) in [7, 11) is 1.89. The van der Waals surface area contributed by atoms with Crippen LogP contribution in [-0.2, 0) is 11.8 Å². The Balaban J connectivity index is 1.62. The molecule has 8 heteroatoms. The average Bonchev–Trinajstić information content (AvgIpc) is 3.07. The molecular formula is C19H17N5OS2. The molecule has 27 heavy (non-hydrogen) atoms. The van der Waals surface area contributed by atoms with Gasteiger partial charge in [0.1, 0.15) is 0 Å². The molecule has 0 spiro atoms. The van der Waals surface area contributed by atoms with E-state index >= 15 is 0 Å². The molecule has 0 saturated carbocycles. The molecule has 2 aromatic carbocycles. The number of nitriles is 1. The molecule has 1 amide bonds. The second-order valence-electron chi connectivity index (χ2n) is 5.51. The Bertz CT molecular complexity index is 966. The number of carbonyl (C=O) groups is 1. The lowest BCUT2D eigenvalue weighted by Crippen LogP contribution is -2.15. The molecule has 0 aliphatic heterocycles. The van der Waals surface area contributed by atoms with E-state index in [0.717, 1.165) is 16.3 Å². The molecule has 136 valence electrons. The minimum absolute atomic E-state index is 0.130. The van der Waals surface area contributed by atoms with Gasteiger partial charge >= 0.3 is 0 Å². The number of amides is 1. The molecule has 1 N–H and O–H groups in total. The smallest absolute Gasteiger partial charge is 0.234 e. The van der Waals surface area contributed by atoms with Gasteiger partial charge in [0.25, 0.3) is 0 Å². The third-order valence-corrected chi connectivity index (χ3v) is 5.61. The number of benzene rings is 2. The standard InChI is InChI=1S/C19H17N5OS2/c1-24-18(14-7-3-2-4-8-14)22-23-19(24)27-13-17(25)21-15-9-5-6-10-16(15)26-12-11-20/h2-10H,12-13H2,1H3,(H,21,25). The quantitative estimate of drug-likeness (QED) is 0.612. The Labute approximate surface area is 166 Å². The molecule has 1 aromatic heterocycles. The van der Waals surface area contributed by atoms with Gasteiger partial charge in [0.05, 0.1) is 23.3 Å². The number of aromatic nitrogens is 3. The van der Waals surface area contributed by atoms with Crippen LogP contribution in [0.25, 0.3) is 11.4 Å². The van der Waals surface area contributed by atoms with Crippen molar-refractivity contribution >= 4 is 35.1 Å². The largest absolute Gasteiger partial charge is 0.324 e. The van der Waals surface area contributed by atoms with Crippen LogP contribution in [0.15, 0.2) is 64.6 Å². The van der Waals surface area contributed by atoms with Crippen molar-refractivity contribution in [3.63, 3.8) is 0 Å². The molecule has 0 radical (unpaired) electrons. The zero-order valence-corrected chi connectivity index (χ0v) is 16.3. The summed E-state index contributed by atoms with van der Waals surface area (Å²) >= 11 is 2.73. The first-order chi connectivity index (χ1) is 13.2. The van der Waals surface area contributed by atoms with Crippen LogP contribution in [-0.4, -0.2) is 32.2 Å². The number of para-hydroxylation sites is 1. The maximum absolute atomic E-state index is 12.3. The molecule has 3 aromatic rings. The van der Waals surface area contributed by atoms with Crippen LogP contribution < -0.4 is 5.32 Å². The van der Waals surface area contributed by atoms with Crippen LogP contribution in [0.2, 0.25) is 0 Å². The van der Waals surface area contributed by atoms with E-state index in [1.165, 1.54) is 23.5 Å². The van der Waals surface area contributed by atoms with Gasteiger partial charge in [-0.2, -0.15) is 5.26 Å². The van der Waals surface area contributed by atoms with E-state index < -0.39 is 0 Å². The highest BCUT2D eigenvalue weighted by Crippen LogP contribution is 2.27. The van der Waals surface area contributed by atoms with Gasteiger partial charge in [-0.1, -0.05) is 54.2 Å². The molecule has 0 saturated heterocycles. The van der Waals surface area contributed by atoms with Crippen molar-refractivity contribution < 1.29 is 4.79 Å². The second-order valence-corrected chi connectivity index (χ2v) is 7.47. The summed E-state index contributed by atoms with van der Waals surface area (Å²) in [5.41, 5.74) is 1.69. The summed E-state index contributed by atoms with van der Waals surface area (Å²) in [5.74, 6) is 1.19.